The molecule has 6 heteroatoms. The lowest BCUT2D eigenvalue weighted by Crippen LogP contribution is -2.30. The minimum absolute atomic E-state index is 0.145. The molecule has 1 atom stereocenters. The number of hydrogen-bond donors (Lipinski definition) is 1. The van der Waals surface area contributed by atoms with Gasteiger partial charge in [-0.25, -0.2) is 4.79 Å². The van der Waals surface area contributed by atoms with Crippen LogP contribution in [0.25, 0.3) is 0 Å². The van der Waals surface area contributed by atoms with Crippen LogP contribution in [-0.2, 0) is 20.9 Å². The van der Waals surface area contributed by atoms with Crippen LogP contribution in [0.3, 0.4) is 0 Å². The minimum Gasteiger partial charge on any atom is -0.467 e. The van der Waals surface area contributed by atoms with E-state index in [1.165, 1.54) is 6.26 Å². The molecule has 1 aromatic carbocycles. The second kappa shape index (κ2) is 9.03. The summed E-state index contributed by atoms with van der Waals surface area (Å²) >= 11 is 0. The number of rotatable bonds is 8. The molecule has 1 heterocycles. The average Bonchev–Trinajstić information content (AvgIpc) is 3.13. The van der Waals surface area contributed by atoms with Crippen LogP contribution in [0.2, 0.25) is 0 Å². The van der Waals surface area contributed by atoms with Gasteiger partial charge in [0, 0.05) is 0 Å². The molecule has 0 bridgehead atoms. The van der Waals surface area contributed by atoms with Gasteiger partial charge >= 0.3 is 5.97 Å². The number of amides is 1. The van der Waals surface area contributed by atoms with E-state index in [2.05, 4.69) is 5.32 Å². The van der Waals surface area contributed by atoms with Crippen molar-refractivity contribution in [1.82, 2.24) is 5.32 Å². The van der Waals surface area contributed by atoms with E-state index in [4.69, 9.17) is 13.9 Å². The van der Waals surface area contributed by atoms with Crippen molar-refractivity contribution in [3.63, 3.8) is 0 Å². The molecule has 2 aromatic rings. The fourth-order valence-corrected chi connectivity index (χ4v) is 2.11. The van der Waals surface area contributed by atoms with Crippen molar-refractivity contribution in [1.29, 1.82) is 0 Å². The zero-order chi connectivity index (χ0) is 18.2. The average molecular weight is 345 g/mol. The second-order valence-electron chi connectivity index (χ2n) is 5.94. The summed E-state index contributed by atoms with van der Waals surface area (Å²) in [6, 6.07) is 10.1. The topological polar surface area (TPSA) is 77.8 Å². The highest BCUT2D eigenvalue weighted by molar-refractivity contribution is 5.91. The van der Waals surface area contributed by atoms with Crippen molar-refractivity contribution in [2.75, 3.05) is 6.61 Å². The summed E-state index contributed by atoms with van der Waals surface area (Å²) in [5.41, 5.74) is 1.36. The maximum atomic E-state index is 12.0. The fraction of sp³-hybridized carbons (Fsp3) is 0.368. The van der Waals surface area contributed by atoms with Gasteiger partial charge in [-0.1, -0.05) is 12.1 Å². The molecule has 2 rings (SSSR count). The number of furan rings is 1. The van der Waals surface area contributed by atoms with Crippen LogP contribution in [-0.4, -0.2) is 24.6 Å². The molecule has 0 spiro atoms. The Morgan fingerprint density at radius 1 is 1.12 bits per heavy atom. The Morgan fingerprint density at radius 3 is 2.44 bits per heavy atom. The number of hydrogen-bond acceptors (Lipinski definition) is 5. The van der Waals surface area contributed by atoms with Crippen molar-refractivity contribution in [2.24, 2.45) is 0 Å². The lowest BCUT2D eigenvalue weighted by atomic mass is 10.1. The van der Waals surface area contributed by atoms with E-state index in [-0.39, 0.29) is 24.7 Å². The van der Waals surface area contributed by atoms with Gasteiger partial charge in [0.05, 0.1) is 30.6 Å². The molecule has 0 saturated carbocycles. The molecule has 6 nitrogen and oxygen atoms in total. The van der Waals surface area contributed by atoms with Gasteiger partial charge in [-0.05, 0) is 50.6 Å². The molecule has 134 valence electrons. The Bertz CT molecular complexity index is 676. The molecule has 0 radical (unpaired) electrons. The Hall–Kier alpha value is -2.60. The molecular weight excluding hydrogens is 322 g/mol. The maximum Gasteiger partial charge on any atom is 0.338 e. The largest absolute Gasteiger partial charge is 0.467 e. The Balaban J connectivity index is 1.78. The maximum absolute atomic E-state index is 12.0. The quantitative estimate of drug-likeness (QED) is 0.743. The first kappa shape index (κ1) is 18.7. The van der Waals surface area contributed by atoms with Gasteiger partial charge in [-0.3, -0.25) is 4.79 Å². The van der Waals surface area contributed by atoms with Crippen molar-refractivity contribution < 1.29 is 23.5 Å². The number of carbonyl (C=O) groups excluding carboxylic acids is 2. The van der Waals surface area contributed by atoms with E-state index in [1.54, 1.807) is 43.3 Å². The molecule has 0 unspecified atom stereocenters. The molecule has 1 amide bonds. The Labute approximate surface area is 147 Å². The van der Waals surface area contributed by atoms with Crippen LogP contribution >= 0.6 is 0 Å². The first-order chi connectivity index (χ1) is 12.0. The smallest absolute Gasteiger partial charge is 0.338 e. The van der Waals surface area contributed by atoms with Crippen LogP contribution in [0.4, 0.5) is 0 Å². The highest BCUT2D eigenvalue weighted by Crippen LogP contribution is 2.12. The lowest BCUT2D eigenvalue weighted by Gasteiger charge is -2.12. The zero-order valence-electron chi connectivity index (χ0n) is 14.7. The first-order valence-corrected chi connectivity index (χ1v) is 8.16. The molecule has 25 heavy (non-hydrogen) atoms. The summed E-state index contributed by atoms with van der Waals surface area (Å²) in [7, 11) is 0. The number of ether oxygens (including phenoxy) is 2. The predicted octanol–water partition coefficient (Wildman–Crippen LogP) is 3.24. The number of carbonyl (C=O) groups is 2. The summed E-state index contributed by atoms with van der Waals surface area (Å²) in [4.78, 5) is 23.8. The van der Waals surface area contributed by atoms with Gasteiger partial charge in [-0.15, -0.1) is 0 Å². The summed E-state index contributed by atoms with van der Waals surface area (Å²) in [6.07, 6.45) is 1.68. The van der Waals surface area contributed by atoms with E-state index < -0.39 is 5.97 Å². The Kier molecular flexibility index (Phi) is 6.77. The predicted molar refractivity (Wildman–Crippen MR) is 91.9 cm³/mol. The van der Waals surface area contributed by atoms with Gasteiger partial charge in [-0.2, -0.15) is 0 Å². The summed E-state index contributed by atoms with van der Waals surface area (Å²) in [5, 5.41) is 2.70. The van der Waals surface area contributed by atoms with Crippen LogP contribution in [0.1, 0.15) is 48.5 Å². The second-order valence-corrected chi connectivity index (χ2v) is 5.94. The van der Waals surface area contributed by atoms with Crippen LogP contribution in [0.5, 0.6) is 0 Å². The van der Waals surface area contributed by atoms with Crippen molar-refractivity contribution >= 4 is 11.9 Å². The molecule has 0 aliphatic heterocycles. The third kappa shape index (κ3) is 6.08. The van der Waals surface area contributed by atoms with Gasteiger partial charge in [0.15, 0.2) is 6.61 Å². The molecule has 0 aliphatic carbocycles. The van der Waals surface area contributed by atoms with E-state index in [1.807, 2.05) is 13.8 Å². The molecule has 1 aromatic heterocycles. The van der Waals surface area contributed by atoms with E-state index in [9.17, 15) is 9.59 Å². The van der Waals surface area contributed by atoms with Crippen LogP contribution in [0, 0.1) is 0 Å². The third-order valence-corrected chi connectivity index (χ3v) is 3.45. The number of nitrogens with one attached hydrogen (secondary N) is 1. The highest BCUT2D eigenvalue weighted by Gasteiger charge is 2.14. The third-order valence-electron chi connectivity index (χ3n) is 3.45. The molecular formula is C19H23NO5. The van der Waals surface area contributed by atoms with E-state index >= 15 is 0 Å². The highest BCUT2D eigenvalue weighted by atomic mass is 16.5. The normalized spacial score (nSPS) is 12.0. The monoisotopic (exact) mass is 345 g/mol. The van der Waals surface area contributed by atoms with E-state index in [0.29, 0.717) is 17.9 Å². The van der Waals surface area contributed by atoms with Crippen LogP contribution < -0.4 is 5.32 Å². The van der Waals surface area contributed by atoms with Crippen molar-refractivity contribution in [3.8, 4) is 0 Å². The first-order valence-electron chi connectivity index (χ1n) is 8.16. The minimum atomic E-state index is -0.544. The van der Waals surface area contributed by atoms with E-state index in [0.717, 1.165) is 5.56 Å². The summed E-state index contributed by atoms with van der Waals surface area (Å²) < 4.78 is 15.7. The fourth-order valence-electron chi connectivity index (χ4n) is 2.11. The van der Waals surface area contributed by atoms with Gasteiger partial charge in [0.2, 0.25) is 0 Å². The number of esters is 1. The standard InChI is InChI=1S/C19H23NO5/c1-13(2)24-11-15-6-8-16(9-7-15)19(22)25-12-18(21)20-14(3)17-5-4-10-23-17/h4-10,13-14H,11-12H2,1-3H3,(H,20,21)/t14-/m0/s1. The number of benzene rings is 1. The molecule has 0 saturated heterocycles. The van der Waals surface area contributed by atoms with Gasteiger partial charge in [0.25, 0.3) is 5.91 Å². The van der Waals surface area contributed by atoms with Gasteiger partial charge in [0.1, 0.15) is 5.76 Å². The van der Waals surface area contributed by atoms with Gasteiger partial charge < -0.3 is 19.2 Å². The van der Waals surface area contributed by atoms with Crippen molar-refractivity contribution in [3.05, 3.63) is 59.5 Å². The molecule has 0 fully saturated rings. The lowest BCUT2D eigenvalue weighted by molar-refractivity contribution is -0.125. The Morgan fingerprint density at radius 2 is 1.84 bits per heavy atom. The van der Waals surface area contributed by atoms with Crippen molar-refractivity contribution in [2.45, 2.75) is 39.5 Å². The summed E-state index contributed by atoms with van der Waals surface area (Å²) in [5.74, 6) is -0.296. The SMILES string of the molecule is CC(C)OCc1ccc(C(=O)OCC(=O)N[C@@H](C)c2ccco2)cc1. The molecule has 0 aliphatic rings. The molecule has 1 N–H and O–H groups in total. The summed E-state index contributed by atoms with van der Waals surface area (Å²) in [6.45, 7) is 5.85. The zero-order valence-corrected chi connectivity index (χ0v) is 14.7. The van der Waals surface area contributed by atoms with Crippen LogP contribution in [0.15, 0.2) is 47.1 Å².